The van der Waals surface area contributed by atoms with Gasteiger partial charge < -0.3 is 19.2 Å². The maximum atomic E-state index is 13.2. The molecule has 0 spiro atoms. The summed E-state index contributed by atoms with van der Waals surface area (Å²) in [6.45, 7) is 4.17. The summed E-state index contributed by atoms with van der Waals surface area (Å²) in [6, 6.07) is 12.6. The number of fused-ring (bicyclic) bond motifs is 1. The molecule has 1 aliphatic heterocycles. The van der Waals surface area contributed by atoms with Gasteiger partial charge in [-0.3, -0.25) is 14.5 Å². The van der Waals surface area contributed by atoms with Crippen LogP contribution in [0.1, 0.15) is 29.9 Å². The number of carbonyl (C=O) groups excluding carboxylic acids is 2. The number of hydrogen-bond donors (Lipinski definition) is 2. The van der Waals surface area contributed by atoms with E-state index in [1.165, 1.54) is 17.2 Å². The molecule has 0 radical (unpaired) electrons. The van der Waals surface area contributed by atoms with Crippen molar-refractivity contribution >= 4 is 46.0 Å². The number of anilines is 1. The zero-order valence-electron chi connectivity index (χ0n) is 18.3. The Labute approximate surface area is 199 Å². The van der Waals surface area contributed by atoms with Crippen LogP contribution in [0.3, 0.4) is 0 Å². The van der Waals surface area contributed by atoms with E-state index in [1.54, 1.807) is 24.3 Å². The van der Waals surface area contributed by atoms with E-state index in [1.807, 2.05) is 32.0 Å². The Balaban J connectivity index is 1.71. The predicted octanol–water partition coefficient (Wildman–Crippen LogP) is 5.14. The number of aromatic nitrogens is 2. The van der Waals surface area contributed by atoms with Crippen LogP contribution < -0.4 is 9.64 Å². The molecule has 0 aliphatic carbocycles. The van der Waals surface area contributed by atoms with Gasteiger partial charge in [-0.05, 0) is 61.9 Å². The number of hydrogen-bond acceptors (Lipinski definition) is 6. The molecule has 4 aromatic rings. The summed E-state index contributed by atoms with van der Waals surface area (Å²) < 4.78 is 11.1. The second-order valence-corrected chi connectivity index (χ2v) is 8.25. The lowest BCUT2D eigenvalue weighted by molar-refractivity contribution is -0.132. The number of ketones is 1. The van der Waals surface area contributed by atoms with Gasteiger partial charge >= 0.3 is 5.91 Å². The van der Waals surface area contributed by atoms with Crippen LogP contribution in [0.25, 0.3) is 16.8 Å². The number of rotatable bonds is 5. The molecule has 1 aliphatic rings. The average molecular weight is 478 g/mol. The summed E-state index contributed by atoms with van der Waals surface area (Å²) in [4.78, 5) is 35.3. The number of amides is 1. The molecule has 34 heavy (non-hydrogen) atoms. The zero-order chi connectivity index (χ0) is 24.0. The number of imidazole rings is 1. The Morgan fingerprint density at radius 3 is 2.79 bits per heavy atom. The molecule has 1 unspecified atom stereocenters. The first kappa shape index (κ1) is 21.8. The Morgan fingerprint density at radius 2 is 2.06 bits per heavy atom. The van der Waals surface area contributed by atoms with Crippen molar-refractivity contribution in [1.82, 2.24) is 9.97 Å². The number of aromatic amines is 1. The first-order valence-electron chi connectivity index (χ1n) is 10.6. The molecule has 1 saturated heterocycles. The third-order valence-corrected chi connectivity index (χ3v) is 5.94. The van der Waals surface area contributed by atoms with E-state index in [0.717, 1.165) is 5.56 Å². The number of aliphatic hydroxyl groups is 1. The summed E-state index contributed by atoms with van der Waals surface area (Å²) in [6.07, 6.45) is 1.43. The largest absolute Gasteiger partial charge is 0.507 e. The summed E-state index contributed by atoms with van der Waals surface area (Å²) >= 11 is 6.35. The lowest BCUT2D eigenvalue weighted by Crippen LogP contribution is -2.30. The monoisotopic (exact) mass is 477 g/mol. The van der Waals surface area contributed by atoms with Crippen molar-refractivity contribution in [2.45, 2.75) is 19.9 Å². The predicted molar refractivity (Wildman–Crippen MR) is 127 cm³/mol. The zero-order valence-corrected chi connectivity index (χ0v) is 19.1. The van der Waals surface area contributed by atoms with Crippen molar-refractivity contribution in [3.63, 3.8) is 0 Å². The molecule has 172 valence electrons. The molecular formula is C25H20ClN3O5. The lowest BCUT2D eigenvalue weighted by Gasteiger charge is -2.20. The van der Waals surface area contributed by atoms with Crippen LogP contribution >= 0.6 is 11.6 Å². The molecular weight excluding hydrogens is 458 g/mol. The van der Waals surface area contributed by atoms with E-state index < -0.39 is 23.5 Å². The molecule has 0 bridgehead atoms. The minimum atomic E-state index is -1.05. The van der Waals surface area contributed by atoms with Crippen LogP contribution in [0.15, 0.2) is 64.8 Å². The van der Waals surface area contributed by atoms with Crippen molar-refractivity contribution in [3.8, 4) is 5.75 Å². The van der Waals surface area contributed by atoms with Gasteiger partial charge in [0.1, 0.15) is 23.3 Å². The summed E-state index contributed by atoms with van der Waals surface area (Å²) in [7, 11) is 0. The SMILES string of the molecule is CCOc1ccc(Cl)c(/C(O)=C2\C(=O)C(=O)N(c3nc4ccc(C)cc4[nH]3)C2c2ccco2)c1. The van der Waals surface area contributed by atoms with Crippen LogP contribution in [0, 0.1) is 6.92 Å². The fraction of sp³-hybridized carbons (Fsp3) is 0.160. The number of carbonyl (C=O) groups is 2. The number of H-pyrrole nitrogens is 1. The maximum Gasteiger partial charge on any atom is 0.302 e. The van der Waals surface area contributed by atoms with Crippen molar-refractivity contribution in [2.24, 2.45) is 0 Å². The van der Waals surface area contributed by atoms with E-state index in [2.05, 4.69) is 9.97 Å². The van der Waals surface area contributed by atoms with Gasteiger partial charge in [0.05, 0.1) is 34.5 Å². The van der Waals surface area contributed by atoms with Crippen molar-refractivity contribution in [1.29, 1.82) is 0 Å². The number of ether oxygens (including phenoxy) is 1. The van der Waals surface area contributed by atoms with E-state index >= 15 is 0 Å². The van der Waals surface area contributed by atoms with Crippen LogP contribution in [0.2, 0.25) is 5.02 Å². The Kier molecular flexibility index (Phi) is 5.37. The normalized spacial score (nSPS) is 17.6. The first-order valence-corrected chi connectivity index (χ1v) is 11.0. The minimum absolute atomic E-state index is 0.160. The van der Waals surface area contributed by atoms with Gasteiger partial charge in [0.15, 0.2) is 0 Å². The van der Waals surface area contributed by atoms with E-state index in [9.17, 15) is 14.7 Å². The molecule has 0 saturated carbocycles. The van der Waals surface area contributed by atoms with Crippen LogP contribution in [-0.2, 0) is 9.59 Å². The van der Waals surface area contributed by atoms with Gasteiger partial charge in [0, 0.05) is 5.56 Å². The molecule has 5 rings (SSSR count). The Bertz CT molecular complexity index is 1450. The molecule has 1 fully saturated rings. The quantitative estimate of drug-likeness (QED) is 0.234. The third-order valence-electron chi connectivity index (χ3n) is 5.61. The van der Waals surface area contributed by atoms with E-state index in [-0.39, 0.29) is 27.9 Å². The Morgan fingerprint density at radius 1 is 1.24 bits per heavy atom. The number of halogens is 1. The summed E-state index contributed by atoms with van der Waals surface area (Å²) in [5, 5.41) is 11.5. The number of Topliss-reactive ketones (excluding diaryl/α,β-unsaturated/α-hetero) is 1. The van der Waals surface area contributed by atoms with E-state index in [4.69, 9.17) is 20.8 Å². The van der Waals surface area contributed by atoms with Gasteiger partial charge in [-0.15, -0.1) is 0 Å². The highest BCUT2D eigenvalue weighted by molar-refractivity contribution is 6.51. The van der Waals surface area contributed by atoms with Crippen LogP contribution in [-0.4, -0.2) is 33.4 Å². The number of benzene rings is 2. The smallest absolute Gasteiger partial charge is 0.302 e. The van der Waals surface area contributed by atoms with Gasteiger partial charge in [-0.1, -0.05) is 17.7 Å². The first-order chi connectivity index (χ1) is 16.4. The third kappa shape index (κ3) is 3.52. The molecule has 8 nitrogen and oxygen atoms in total. The second-order valence-electron chi connectivity index (χ2n) is 7.84. The van der Waals surface area contributed by atoms with Crippen LogP contribution in [0.4, 0.5) is 5.95 Å². The second kappa shape index (κ2) is 8.39. The standard InChI is InChI=1S/C25H20ClN3O5/c1-3-33-14-7-8-16(26)15(12-14)22(30)20-21(19-5-4-10-34-19)29(24(32)23(20)31)25-27-17-9-6-13(2)11-18(17)28-25/h4-12,21,30H,3H2,1-2H3,(H,27,28)/b22-20+. The van der Waals surface area contributed by atoms with Crippen LogP contribution in [0.5, 0.6) is 5.75 Å². The minimum Gasteiger partial charge on any atom is -0.507 e. The number of aryl methyl sites for hydroxylation is 1. The summed E-state index contributed by atoms with van der Waals surface area (Å²) in [5.74, 6) is -1.25. The van der Waals surface area contributed by atoms with Gasteiger partial charge in [0.2, 0.25) is 5.95 Å². The van der Waals surface area contributed by atoms with Crippen molar-refractivity contribution < 1.29 is 23.8 Å². The van der Waals surface area contributed by atoms with Crippen molar-refractivity contribution in [3.05, 3.63) is 82.3 Å². The van der Waals surface area contributed by atoms with Crippen molar-refractivity contribution in [2.75, 3.05) is 11.5 Å². The topological polar surface area (TPSA) is 109 Å². The summed E-state index contributed by atoms with van der Waals surface area (Å²) in [5.41, 5.74) is 2.36. The number of aliphatic hydroxyl groups excluding tert-OH is 1. The molecule has 3 heterocycles. The molecule has 2 aromatic carbocycles. The fourth-order valence-electron chi connectivity index (χ4n) is 4.08. The molecule has 1 amide bonds. The molecule has 1 atom stereocenters. The fourth-order valence-corrected chi connectivity index (χ4v) is 4.29. The lowest BCUT2D eigenvalue weighted by atomic mass is 9.99. The molecule has 2 aromatic heterocycles. The number of nitrogens with zero attached hydrogens (tertiary/aromatic N) is 2. The van der Waals surface area contributed by atoms with E-state index in [0.29, 0.717) is 23.4 Å². The molecule has 2 N–H and O–H groups in total. The van der Waals surface area contributed by atoms with Gasteiger partial charge in [-0.25, -0.2) is 4.98 Å². The number of nitrogens with one attached hydrogen (secondary N) is 1. The van der Waals surface area contributed by atoms with Gasteiger partial charge in [0.25, 0.3) is 5.78 Å². The number of furan rings is 1. The average Bonchev–Trinajstić information content (AvgIpc) is 3.53. The Hall–Kier alpha value is -4.04. The van der Waals surface area contributed by atoms with Gasteiger partial charge in [-0.2, -0.15) is 0 Å². The maximum absolute atomic E-state index is 13.2. The highest BCUT2D eigenvalue weighted by atomic mass is 35.5. The highest BCUT2D eigenvalue weighted by Crippen LogP contribution is 2.43. The highest BCUT2D eigenvalue weighted by Gasteiger charge is 2.49. The molecule has 9 heteroatoms.